The topological polar surface area (TPSA) is 99.2 Å². The van der Waals surface area contributed by atoms with Crippen LogP contribution in [0.15, 0.2) is 85.5 Å². The molecule has 3 aromatic carbocycles. The lowest BCUT2D eigenvalue weighted by Crippen LogP contribution is -2.25. The van der Waals surface area contributed by atoms with E-state index >= 15 is 0 Å². The minimum atomic E-state index is -0.852. The predicted molar refractivity (Wildman–Crippen MR) is 155 cm³/mol. The summed E-state index contributed by atoms with van der Waals surface area (Å²) in [6.07, 6.45) is 0.648. The number of benzene rings is 3. The molecular weight excluding hydrogens is 564 g/mol. The minimum Gasteiger partial charge on any atom is -0.478 e. The zero-order chi connectivity index (χ0) is 27.7. The van der Waals surface area contributed by atoms with Crippen LogP contribution in [-0.2, 0) is 9.53 Å². The number of hydrogen-bond acceptors (Lipinski definition) is 8. The molecule has 0 amide bonds. The normalized spacial score (nSPS) is 12.2. The number of esters is 1. The Hall–Kier alpha value is -4.44. The summed E-state index contributed by atoms with van der Waals surface area (Å²) in [5.41, 5.74) is 2.23. The Labute approximate surface area is 232 Å². The van der Waals surface area contributed by atoms with Gasteiger partial charge in [0.2, 0.25) is 5.82 Å². The first-order valence-electron chi connectivity index (χ1n) is 12.1. The van der Waals surface area contributed by atoms with Gasteiger partial charge < -0.3 is 18.8 Å². The maximum Gasteiger partial charge on any atom is 0.346 e. The van der Waals surface area contributed by atoms with Gasteiger partial charge in [-0.15, -0.1) is 0 Å². The van der Waals surface area contributed by atoms with E-state index in [9.17, 15) is 9.59 Å². The highest BCUT2D eigenvalue weighted by Crippen LogP contribution is 2.30. The van der Waals surface area contributed by atoms with Crippen molar-refractivity contribution in [3.8, 4) is 17.3 Å². The number of anilines is 1. The zero-order valence-electron chi connectivity index (χ0n) is 21.7. The molecule has 0 spiro atoms. The lowest BCUT2D eigenvalue weighted by Gasteiger charge is -2.18. The lowest BCUT2D eigenvalue weighted by molar-refractivity contribution is -0.147. The van der Waals surface area contributed by atoms with Crippen molar-refractivity contribution < 1.29 is 18.7 Å². The van der Waals surface area contributed by atoms with E-state index in [0.717, 1.165) is 15.5 Å². The molecule has 5 aromatic rings. The zero-order valence-corrected chi connectivity index (χ0v) is 23.3. The summed E-state index contributed by atoms with van der Waals surface area (Å²) in [5.74, 6) is 0.529. The van der Waals surface area contributed by atoms with Crippen LogP contribution in [0.2, 0.25) is 0 Å². The average Bonchev–Trinajstić information content (AvgIpc) is 3.35. The van der Waals surface area contributed by atoms with Crippen LogP contribution in [0.5, 0.6) is 5.75 Å². The van der Waals surface area contributed by atoms with E-state index in [1.165, 1.54) is 18.0 Å². The number of nitrogens with zero attached hydrogens (tertiary/aromatic N) is 4. The second kappa shape index (κ2) is 10.7. The number of methoxy groups -OCH3 is 1. The van der Waals surface area contributed by atoms with Crippen molar-refractivity contribution in [3.05, 3.63) is 87.1 Å². The van der Waals surface area contributed by atoms with Gasteiger partial charge in [0.1, 0.15) is 11.3 Å². The van der Waals surface area contributed by atoms with Gasteiger partial charge in [-0.05, 0) is 55.5 Å². The van der Waals surface area contributed by atoms with Gasteiger partial charge in [0.25, 0.3) is 5.56 Å². The first-order valence-corrected chi connectivity index (χ1v) is 12.9. The predicted octanol–water partition coefficient (Wildman–Crippen LogP) is 5.46. The van der Waals surface area contributed by atoms with Gasteiger partial charge in [-0.3, -0.25) is 4.79 Å². The fraction of sp³-hybridized carbons (Fsp3) is 0.172. The molecule has 0 aliphatic carbocycles. The van der Waals surface area contributed by atoms with Gasteiger partial charge in [0.05, 0.1) is 24.2 Å². The van der Waals surface area contributed by atoms with Crippen LogP contribution < -0.4 is 15.2 Å². The van der Waals surface area contributed by atoms with Crippen LogP contribution in [0.25, 0.3) is 33.5 Å². The fourth-order valence-corrected chi connectivity index (χ4v) is 4.43. The number of carbonyl (C=O) groups excluding carboxylic acids is 1. The average molecular weight is 589 g/mol. The number of aromatic nitrogens is 2. The third-order valence-corrected chi connectivity index (χ3v) is 6.61. The summed E-state index contributed by atoms with van der Waals surface area (Å²) >= 11 is 3.48. The minimum absolute atomic E-state index is 0.248. The molecule has 0 saturated carbocycles. The number of carbonyl (C=O) groups is 1. The molecule has 198 valence electrons. The van der Waals surface area contributed by atoms with Crippen LogP contribution in [0.4, 0.5) is 5.69 Å². The number of rotatable bonds is 7. The summed E-state index contributed by atoms with van der Waals surface area (Å²) in [5, 5.41) is 5.80. The molecular formula is C29H25BrN4O5. The van der Waals surface area contributed by atoms with E-state index < -0.39 is 12.1 Å². The molecule has 0 bridgehead atoms. The standard InChI is InChI=1S/C29H25BrN4O5/c1-17(29(36)37-4)38-25-15-21(33(2)3)11-9-18(25)16-31-34-27(32-23-8-6-5-7-22(23)28(34)35)26-14-19-13-20(30)10-12-24(19)39-26/h5-17H,1-4H3/t17-/m0/s1. The van der Waals surface area contributed by atoms with Crippen molar-refractivity contribution >= 4 is 55.7 Å². The number of hydrogen-bond donors (Lipinski definition) is 0. The van der Waals surface area contributed by atoms with Gasteiger partial charge in [-0.2, -0.15) is 9.78 Å². The first kappa shape index (κ1) is 26.2. The summed E-state index contributed by atoms with van der Waals surface area (Å²) in [4.78, 5) is 32.3. The second-order valence-corrected chi connectivity index (χ2v) is 9.92. The Balaban J connectivity index is 1.66. The maximum absolute atomic E-state index is 13.6. The molecule has 1 atom stereocenters. The van der Waals surface area contributed by atoms with Crippen molar-refractivity contribution in [2.24, 2.45) is 5.10 Å². The van der Waals surface area contributed by atoms with Gasteiger partial charge in [0, 0.05) is 41.3 Å². The van der Waals surface area contributed by atoms with Crippen molar-refractivity contribution in [1.82, 2.24) is 9.66 Å². The number of ether oxygens (including phenoxy) is 2. The monoisotopic (exact) mass is 588 g/mol. The van der Waals surface area contributed by atoms with E-state index in [1.54, 1.807) is 37.3 Å². The fourth-order valence-electron chi connectivity index (χ4n) is 4.05. The van der Waals surface area contributed by atoms with Crippen LogP contribution in [-0.4, -0.2) is 49.2 Å². The van der Waals surface area contributed by atoms with Crippen LogP contribution in [0.3, 0.4) is 0 Å². The molecule has 0 radical (unpaired) electrons. The summed E-state index contributed by atoms with van der Waals surface area (Å²) in [6, 6.07) is 20.0. The van der Waals surface area contributed by atoms with Crippen molar-refractivity contribution in [1.29, 1.82) is 0 Å². The van der Waals surface area contributed by atoms with Crippen LogP contribution >= 0.6 is 15.9 Å². The van der Waals surface area contributed by atoms with E-state index in [1.807, 2.05) is 55.4 Å². The lowest BCUT2D eigenvalue weighted by atomic mass is 10.2. The highest BCUT2D eigenvalue weighted by molar-refractivity contribution is 9.10. The Morgan fingerprint density at radius 3 is 2.69 bits per heavy atom. The molecule has 0 aliphatic heterocycles. The Kier molecular flexibility index (Phi) is 7.21. The number of para-hydroxylation sites is 1. The largest absolute Gasteiger partial charge is 0.478 e. The van der Waals surface area contributed by atoms with E-state index in [0.29, 0.717) is 33.6 Å². The number of halogens is 1. The summed E-state index contributed by atoms with van der Waals surface area (Å²) in [6.45, 7) is 1.60. The van der Waals surface area contributed by atoms with Gasteiger partial charge >= 0.3 is 5.97 Å². The molecule has 2 heterocycles. The smallest absolute Gasteiger partial charge is 0.346 e. The SMILES string of the molecule is COC(=O)[C@H](C)Oc1cc(N(C)C)ccc1C=Nn1c(-c2cc3cc(Br)ccc3o2)nc2ccccc2c1=O. The van der Waals surface area contributed by atoms with Crippen molar-refractivity contribution in [2.75, 3.05) is 26.1 Å². The van der Waals surface area contributed by atoms with E-state index in [4.69, 9.17) is 18.9 Å². The first-order chi connectivity index (χ1) is 18.7. The van der Waals surface area contributed by atoms with Crippen LogP contribution in [0.1, 0.15) is 12.5 Å². The Morgan fingerprint density at radius 1 is 1.13 bits per heavy atom. The summed E-state index contributed by atoms with van der Waals surface area (Å²) < 4.78 is 18.9. The Morgan fingerprint density at radius 2 is 1.92 bits per heavy atom. The van der Waals surface area contributed by atoms with E-state index in [2.05, 4.69) is 21.0 Å². The highest BCUT2D eigenvalue weighted by Gasteiger charge is 2.19. The van der Waals surface area contributed by atoms with Crippen molar-refractivity contribution in [3.63, 3.8) is 0 Å². The molecule has 0 N–H and O–H groups in total. The maximum atomic E-state index is 13.6. The molecule has 0 aliphatic rings. The molecule has 10 heteroatoms. The molecule has 0 saturated heterocycles. The van der Waals surface area contributed by atoms with Gasteiger partial charge in [-0.1, -0.05) is 28.1 Å². The quantitative estimate of drug-likeness (QED) is 0.184. The second-order valence-electron chi connectivity index (χ2n) is 9.01. The highest BCUT2D eigenvalue weighted by atomic mass is 79.9. The molecule has 9 nitrogen and oxygen atoms in total. The Bertz CT molecular complexity index is 1790. The number of furan rings is 1. The summed E-state index contributed by atoms with van der Waals surface area (Å²) in [7, 11) is 5.10. The molecule has 0 unspecified atom stereocenters. The van der Waals surface area contributed by atoms with Gasteiger partial charge in [-0.25, -0.2) is 9.78 Å². The van der Waals surface area contributed by atoms with E-state index in [-0.39, 0.29) is 11.4 Å². The molecule has 39 heavy (non-hydrogen) atoms. The molecule has 0 fully saturated rings. The van der Waals surface area contributed by atoms with Crippen LogP contribution in [0, 0.1) is 0 Å². The third-order valence-electron chi connectivity index (χ3n) is 6.12. The third kappa shape index (κ3) is 5.28. The van der Waals surface area contributed by atoms with Gasteiger partial charge in [0.15, 0.2) is 11.9 Å². The molecule has 2 aromatic heterocycles. The number of fused-ring (bicyclic) bond motifs is 2. The molecule has 5 rings (SSSR count). The van der Waals surface area contributed by atoms with Crippen molar-refractivity contribution in [2.45, 2.75) is 13.0 Å².